The molecule has 0 amide bonds. The van der Waals surface area contributed by atoms with Crippen molar-refractivity contribution in [2.24, 2.45) is 0 Å². The van der Waals surface area contributed by atoms with E-state index < -0.39 is 5.82 Å². The molecule has 0 aliphatic rings. The van der Waals surface area contributed by atoms with Gasteiger partial charge < -0.3 is 4.42 Å². The predicted octanol–water partition coefficient (Wildman–Crippen LogP) is 2.61. The van der Waals surface area contributed by atoms with E-state index in [1.54, 1.807) is 12.1 Å². The fourth-order valence-electron chi connectivity index (χ4n) is 1.37. The van der Waals surface area contributed by atoms with Gasteiger partial charge in [-0.25, -0.2) is 4.39 Å². The number of furan rings is 1. The number of hydrogen-bond donors (Lipinski definition) is 0. The van der Waals surface area contributed by atoms with Crippen LogP contribution in [-0.2, 0) is 6.42 Å². The zero-order chi connectivity index (χ0) is 11.5. The highest BCUT2D eigenvalue weighted by Gasteiger charge is 2.14. The Morgan fingerprint density at radius 3 is 2.88 bits per heavy atom. The molecule has 0 spiro atoms. The van der Waals surface area contributed by atoms with E-state index in [0.29, 0.717) is 6.42 Å². The van der Waals surface area contributed by atoms with Crippen LogP contribution in [0.1, 0.15) is 28.8 Å². The molecule has 2 aromatic rings. The standard InChI is InChI=1S/C12H10FNO2/c1-2-10-3-4-11(16-10)12(15)8-5-9(13)7-14-6-8/h3-7H,2H2,1H3. The van der Waals surface area contributed by atoms with Crippen LogP contribution in [-0.4, -0.2) is 10.8 Å². The average Bonchev–Trinajstić information content (AvgIpc) is 2.76. The van der Waals surface area contributed by atoms with Crippen molar-refractivity contribution in [2.45, 2.75) is 13.3 Å². The van der Waals surface area contributed by atoms with Gasteiger partial charge in [0.15, 0.2) is 5.76 Å². The normalized spacial score (nSPS) is 10.4. The SMILES string of the molecule is CCc1ccc(C(=O)c2cncc(F)c2)o1. The molecular weight excluding hydrogens is 209 g/mol. The van der Waals surface area contributed by atoms with Gasteiger partial charge in [-0.3, -0.25) is 9.78 Å². The van der Waals surface area contributed by atoms with Crippen LogP contribution >= 0.6 is 0 Å². The minimum atomic E-state index is -0.534. The fraction of sp³-hybridized carbons (Fsp3) is 0.167. The number of carbonyl (C=O) groups is 1. The van der Waals surface area contributed by atoms with E-state index in [0.717, 1.165) is 18.0 Å². The molecule has 4 heteroatoms. The van der Waals surface area contributed by atoms with Crippen molar-refractivity contribution in [1.82, 2.24) is 4.98 Å². The minimum absolute atomic E-state index is 0.192. The van der Waals surface area contributed by atoms with Crippen LogP contribution in [0.3, 0.4) is 0 Å². The summed E-state index contributed by atoms with van der Waals surface area (Å²) < 4.78 is 18.2. The van der Waals surface area contributed by atoms with E-state index in [-0.39, 0.29) is 17.1 Å². The lowest BCUT2D eigenvalue weighted by molar-refractivity contribution is 0.101. The van der Waals surface area contributed by atoms with E-state index >= 15 is 0 Å². The van der Waals surface area contributed by atoms with Crippen molar-refractivity contribution >= 4 is 5.78 Å². The highest BCUT2D eigenvalue weighted by molar-refractivity contribution is 6.06. The molecule has 0 saturated carbocycles. The number of pyridine rings is 1. The molecule has 16 heavy (non-hydrogen) atoms. The lowest BCUT2D eigenvalue weighted by atomic mass is 10.1. The van der Waals surface area contributed by atoms with Gasteiger partial charge in [0, 0.05) is 18.2 Å². The maximum Gasteiger partial charge on any atom is 0.229 e. The molecule has 0 unspecified atom stereocenters. The highest BCUT2D eigenvalue weighted by atomic mass is 19.1. The third-order valence-corrected chi connectivity index (χ3v) is 2.20. The smallest absolute Gasteiger partial charge is 0.229 e. The van der Waals surface area contributed by atoms with Crippen molar-refractivity contribution in [2.75, 3.05) is 0 Å². The average molecular weight is 219 g/mol. The zero-order valence-electron chi connectivity index (χ0n) is 8.74. The monoisotopic (exact) mass is 219 g/mol. The van der Waals surface area contributed by atoms with E-state index in [2.05, 4.69) is 4.98 Å². The Bertz CT molecular complexity index is 519. The van der Waals surface area contributed by atoms with E-state index in [1.165, 1.54) is 6.20 Å². The van der Waals surface area contributed by atoms with Gasteiger partial charge in [0.05, 0.1) is 6.20 Å². The molecule has 0 aliphatic carbocycles. The van der Waals surface area contributed by atoms with Crippen LogP contribution in [0.4, 0.5) is 4.39 Å². The number of nitrogens with zero attached hydrogens (tertiary/aromatic N) is 1. The molecule has 0 aromatic carbocycles. The van der Waals surface area contributed by atoms with Crippen molar-refractivity contribution in [3.8, 4) is 0 Å². The van der Waals surface area contributed by atoms with Gasteiger partial charge in [-0.15, -0.1) is 0 Å². The number of halogens is 1. The summed E-state index contributed by atoms with van der Waals surface area (Å²) in [7, 11) is 0. The molecule has 2 rings (SSSR count). The Balaban J connectivity index is 2.31. The van der Waals surface area contributed by atoms with E-state index in [9.17, 15) is 9.18 Å². The largest absolute Gasteiger partial charge is 0.458 e. The zero-order valence-corrected chi connectivity index (χ0v) is 8.74. The summed E-state index contributed by atoms with van der Waals surface area (Å²) in [6.07, 6.45) is 3.09. The van der Waals surface area contributed by atoms with Gasteiger partial charge >= 0.3 is 0 Å². The Kier molecular flexibility index (Phi) is 2.81. The molecule has 2 heterocycles. The fourth-order valence-corrected chi connectivity index (χ4v) is 1.37. The van der Waals surface area contributed by atoms with E-state index in [4.69, 9.17) is 4.42 Å². The quantitative estimate of drug-likeness (QED) is 0.745. The van der Waals surface area contributed by atoms with Gasteiger partial charge in [0.25, 0.3) is 0 Å². The Hall–Kier alpha value is -1.97. The molecule has 0 aliphatic heterocycles. The van der Waals surface area contributed by atoms with Crippen LogP contribution in [0.2, 0.25) is 0 Å². The topological polar surface area (TPSA) is 43.1 Å². The number of rotatable bonds is 3. The second kappa shape index (κ2) is 4.26. The first-order valence-corrected chi connectivity index (χ1v) is 4.94. The minimum Gasteiger partial charge on any atom is -0.458 e. The van der Waals surface area contributed by atoms with Gasteiger partial charge in [-0.05, 0) is 18.2 Å². The molecule has 3 nitrogen and oxygen atoms in total. The lowest BCUT2D eigenvalue weighted by Crippen LogP contribution is -2.00. The van der Waals surface area contributed by atoms with Crippen LogP contribution in [0.15, 0.2) is 35.0 Å². The predicted molar refractivity (Wildman–Crippen MR) is 55.7 cm³/mol. The number of ketones is 1. The summed E-state index contributed by atoms with van der Waals surface area (Å²) in [4.78, 5) is 15.4. The second-order valence-corrected chi connectivity index (χ2v) is 3.34. The summed E-state index contributed by atoms with van der Waals surface area (Å²) in [5.41, 5.74) is 0.192. The Morgan fingerprint density at radius 1 is 1.44 bits per heavy atom. The van der Waals surface area contributed by atoms with Gasteiger partial charge in [-0.2, -0.15) is 0 Å². The van der Waals surface area contributed by atoms with Crippen LogP contribution in [0, 0.1) is 5.82 Å². The molecular formula is C12H10FNO2. The van der Waals surface area contributed by atoms with Crippen molar-refractivity contribution in [3.05, 3.63) is 53.5 Å². The van der Waals surface area contributed by atoms with E-state index in [1.807, 2.05) is 6.92 Å². The Labute approximate surface area is 91.9 Å². The molecule has 82 valence electrons. The van der Waals surface area contributed by atoms with Crippen LogP contribution in [0.25, 0.3) is 0 Å². The molecule has 0 saturated heterocycles. The molecule has 0 atom stereocenters. The third-order valence-electron chi connectivity index (χ3n) is 2.20. The summed E-state index contributed by atoms with van der Waals surface area (Å²) in [6, 6.07) is 4.47. The van der Waals surface area contributed by atoms with Gasteiger partial charge in [0.2, 0.25) is 5.78 Å². The molecule has 0 N–H and O–H groups in total. The summed E-state index contributed by atoms with van der Waals surface area (Å²) in [5, 5.41) is 0. The van der Waals surface area contributed by atoms with Crippen molar-refractivity contribution < 1.29 is 13.6 Å². The van der Waals surface area contributed by atoms with Gasteiger partial charge in [0.1, 0.15) is 11.6 Å². The first-order chi connectivity index (χ1) is 7.70. The van der Waals surface area contributed by atoms with Crippen LogP contribution < -0.4 is 0 Å². The summed E-state index contributed by atoms with van der Waals surface area (Å²) >= 11 is 0. The number of hydrogen-bond acceptors (Lipinski definition) is 3. The second-order valence-electron chi connectivity index (χ2n) is 3.34. The summed E-state index contributed by atoms with van der Waals surface area (Å²) in [5.74, 6) is 0.0526. The number of carbonyl (C=O) groups excluding carboxylic acids is 1. The Morgan fingerprint density at radius 2 is 2.25 bits per heavy atom. The lowest BCUT2D eigenvalue weighted by Gasteiger charge is -1.96. The summed E-state index contributed by atoms with van der Waals surface area (Å²) in [6.45, 7) is 1.93. The molecule has 0 fully saturated rings. The molecule has 0 radical (unpaired) electrons. The van der Waals surface area contributed by atoms with Crippen molar-refractivity contribution in [1.29, 1.82) is 0 Å². The maximum atomic E-state index is 12.9. The van der Waals surface area contributed by atoms with Gasteiger partial charge in [-0.1, -0.05) is 6.92 Å². The maximum absolute atomic E-state index is 12.9. The molecule has 0 bridgehead atoms. The molecule has 2 aromatic heterocycles. The third kappa shape index (κ3) is 2.00. The number of aryl methyl sites for hydroxylation is 1. The first-order valence-electron chi connectivity index (χ1n) is 4.94. The van der Waals surface area contributed by atoms with Crippen LogP contribution in [0.5, 0.6) is 0 Å². The van der Waals surface area contributed by atoms with Crippen molar-refractivity contribution in [3.63, 3.8) is 0 Å². The number of aromatic nitrogens is 1. The first kappa shape index (κ1) is 10.5. The highest BCUT2D eigenvalue weighted by Crippen LogP contribution is 2.13.